The molecular weight excluding hydrogens is 340 g/mol. The molecule has 0 aliphatic rings. The summed E-state index contributed by atoms with van der Waals surface area (Å²) in [5.74, 6) is -0.861. The number of rotatable bonds is 8. The minimum Gasteiger partial charge on any atom is -0.451 e. The number of nitrogens with zero attached hydrogens (tertiary/aromatic N) is 2. The van der Waals surface area contributed by atoms with E-state index >= 15 is 0 Å². The quantitative estimate of drug-likeness (QED) is 0.533. The Bertz CT molecular complexity index is 725. The first kappa shape index (κ1) is 19.1. The van der Waals surface area contributed by atoms with Crippen molar-refractivity contribution in [2.24, 2.45) is 0 Å². The van der Waals surface area contributed by atoms with Gasteiger partial charge in [-0.15, -0.1) is 17.9 Å². The molecule has 134 valence electrons. The van der Waals surface area contributed by atoms with E-state index < -0.39 is 18.2 Å². The number of ether oxygens (including phenoxy) is 2. The van der Waals surface area contributed by atoms with Crippen molar-refractivity contribution in [2.45, 2.75) is 32.6 Å². The largest absolute Gasteiger partial charge is 0.451 e. The molecule has 2 unspecified atom stereocenters. The first-order chi connectivity index (χ1) is 11.9. The zero-order chi connectivity index (χ0) is 18.4. The van der Waals surface area contributed by atoms with Gasteiger partial charge in [-0.2, -0.15) is 0 Å². The molecule has 0 aliphatic carbocycles. The zero-order valence-corrected chi connectivity index (χ0v) is 15.4. The van der Waals surface area contributed by atoms with Crippen molar-refractivity contribution in [3.63, 3.8) is 0 Å². The number of esters is 1. The van der Waals surface area contributed by atoms with Crippen LogP contribution in [-0.2, 0) is 25.6 Å². The number of hydrogen-bond donors (Lipinski definition) is 0. The van der Waals surface area contributed by atoms with Crippen LogP contribution >= 0.6 is 11.3 Å². The molecule has 0 spiro atoms. The lowest BCUT2D eigenvalue weighted by molar-refractivity contribution is -0.167. The monoisotopic (exact) mass is 362 g/mol. The standard InChI is InChI=1S/C18H22N2O4S/c1-5-10-23-13(3)18(22)24-12(2)17(21)20(4)11-16-19-14-8-6-7-9-15(14)25-16/h5-9,12-13H,1,10-11H2,2-4H3. The van der Waals surface area contributed by atoms with Crippen molar-refractivity contribution in [2.75, 3.05) is 13.7 Å². The van der Waals surface area contributed by atoms with Gasteiger partial charge in [-0.3, -0.25) is 4.79 Å². The van der Waals surface area contributed by atoms with Crippen molar-refractivity contribution in [3.05, 3.63) is 41.9 Å². The Kier molecular flexibility index (Phi) is 6.66. The van der Waals surface area contributed by atoms with Crippen molar-refractivity contribution >= 4 is 33.4 Å². The lowest BCUT2D eigenvalue weighted by atomic mass is 10.3. The summed E-state index contributed by atoms with van der Waals surface area (Å²) in [6, 6.07) is 7.81. The highest BCUT2D eigenvalue weighted by atomic mass is 32.1. The van der Waals surface area contributed by atoms with E-state index in [0.717, 1.165) is 15.2 Å². The maximum absolute atomic E-state index is 12.4. The molecule has 6 nitrogen and oxygen atoms in total. The smallest absolute Gasteiger partial charge is 0.335 e. The molecular formula is C18H22N2O4S. The number of para-hydroxylation sites is 1. The number of fused-ring (bicyclic) bond motifs is 1. The molecule has 2 rings (SSSR count). The third-order valence-electron chi connectivity index (χ3n) is 3.52. The Balaban J connectivity index is 1.91. The highest BCUT2D eigenvalue weighted by Crippen LogP contribution is 2.22. The second kappa shape index (κ2) is 8.73. The van der Waals surface area contributed by atoms with E-state index in [1.54, 1.807) is 38.3 Å². The van der Waals surface area contributed by atoms with E-state index in [1.165, 1.54) is 4.90 Å². The van der Waals surface area contributed by atoms with Gasteiger partial charge in [-0.1, -0.05) is 18.2 Å². The molecule has 25 heavy (non-hydrogen) atoms. The van der Waals surface area contributed by atoms with E-state index in [9.17, 15) is 9.59 Å². The van der Waals surface area contributed by atoms with Crippen LogP contribution in [0, 0.1) is 0 Å². The van der Waals surface area contributed by atoms with Gasteiger partial charge in [0.2, 0.25) is 0 Å². The maximum atomic E-state index is 12.4. The lowest BCUT2D eigenvalue weighted by Gasteiger charge is -2.21. The van der Waals surface area contributed by atoms with Crippen molar-refractivity contribution in [3.8, 4) is 0 Å². The molecule has 0 N–H and O–H groups in total. The fourth-order valence-corrected chi connectivity index (χ4v) is 3.20. The Morgan fingerprint density at radius 3 is 2.72 bits per heavy atom. The summed E-state index contributed by atoms with van der Waals surface area (Å²) in [5, 5.41) is 0.832. The average Bonchev–Trinajstić information content (AvgIpc) is 3.00. The van der Waals surface area contributed by atoms with Crippen LogP contribution in [0.3, 0.4) is 0 Å². The third-order valence-corrected chi connectivity index (χ3v) is 4.54. The molecule has 0 saturated heterocycles. The molecule has 1 aromatic heterocycles. The highest BCUT2D eigenvalue weighted by molar-refractivity contribution is 7.18. The van der Waals surface area contributed by atoms with Crippen LogP contribution < -0.4 is 0 Å². The average molecular weight is 362 g/mol. The topological polar surface area (TPSA) is 68.7 Å². The Morgan fingerprint density at radius 1 is 1.32 bits per heavy atom. The van der Waals surface area contributed by atoms with Gasteiger partial charge in [0.25, 0.3) is 5.91 Å². The van der Waals surface area contributed by atoms with Crippen LogP contribution in [-0.4, -0.2) is 47.6 Å². The molecule has 7 heteroatoms. The van der Waals surface area contributed by atoms with E-state index in [-0.39, 0.29) is 12.5 Å². The van der Waals surface area contributed by atoms with Gasteiger partial charge in [0.05, 0.1) is 23.4 Å². The molecule has 0 saturated carbocycles. The van der Waals surface area contributed by atoms with E-state index in [2.05, 4.69) is 11.6 Å². The molecule has 0 aliphatic heterocycles. The summed E-state index contributed by atoms with van der Waals surface area (Å²) in [6.45, 7) is 7.25. The SMILES string of the molecule is C=CCOC(C)C(=O)OC(C)C(=O)N(C)Cc1nc2ccccc2s1. The van der Waals surface area contributed by atoms with Gasteiger partial charge in [0.15, 0.2) is 12.2 Å². The molecule has 1 aromatic carbocycles. The Hall–Kier alpha value is -2.25. The number of amides is 1. The van der Waals surface area contributed by atoms with Crippen molar-refractivity contribution < 1.29 is 19.1 Å². The Labute approximate surface area is 151 Å². The summed E-state index contributed by atoms with van der Waals surface area (Å²) in [6.07, 6.45) is -0.0890. The normalized spacial score (nSPS) is 13.2. The predicted molar refractivity (Wildman–Crippen MR) is 97.3 cm³/mol. The van der Waals surface area contributed by atoms with Gasteiger partial charge in [-0.25, -0.2) is 9.78 Å². The number of carbonyl (C=O) groups excluding carboxylic acids is 2. The summed E-state index contributed by atoms with van der Waals surface area (Å²) in [4.78, 5) is 30.3. The third kappa shape index (κ3) is 5.11. The minimum atomic E-state index is -0.887. The fraction of sp³-hybridized carbons (Fsp3) is 0.389. The molecule has 0 fully saturated rings. The van der Waals surface area contributed by atoms with Gasteiger partial charge < -0.3 is 14.4 Å². The summed E-state index contributed by atoms with van der Waals surface area (Å²) in [7, 11) is 1.66. The van der Waals surface area contributed by atoms with Crippen LogP contribution in [0.1, 0.15) is 18.9 Å². The van der Waals surface area contributed by atoms with Crippen molar-refractivity contribution in [1.82, 2.24) is 9.88 Å². The molecule has 0 radical (unpaired) electrons. The number of hydrogen-bond acceptors (Lipinski definition) is 6. The zero-order valence-electron chi connectivity index (χ0n) is 14.6. The molecule has 2 aromatic rings. The van der Waals surface area contributed by atoms with Gasteiger partial charge in [-0.05, 0) is 26.0 Å². The summed E-state index contributed by atoms with van der Waals surface area (Å²) >= 11 is 1.54. The van der Waals surface area contributed by atoms with E-state index in [1.807, 2.05) is 24.3 Å². The summed E-state index contributed by atoms with van der Waals surface area (Å²) in [5.41, 5.74) is 0.913. The number of thiazole rings is 1. The van der Waals surface area contributed by atoms with E-state index in [4.69, 9.17) is 9.47 Å². The molecule has 1 amide bonds. The number of aromatic nitrogens is 1. The maximum Gasteiger partial charge on any atom is 0.335 e. The minimum absolute atomic E-state index is 0.246. The number of carbonyl (C=O) groups is 2. The van der Waals surface area contributed by atoms with Crippen molar-refractivity contribution in [1.29, 1.82) is 0 Å². The number of likely N-dealkylation sites (N-methyl/N-ethyl adjacent to an activating group) is 1. The van der Waals surface area contributed by atoms with Crippen LogP contribution in [0.5, 0.6) is 0 Å². The van der Waals surface area contributed by atoms with E-state index in [0.29, 0.717) is 6.54 Å². The predicted octanol–water partition coefficient (Wildman–Crippen LogP) is 2.78. The van der Waals surface area contributed by atoms with Gasteiger partial charge in [0.1, 0.15) is 5.01 Å². The molecule has 0 bridgehead atoms. The molecule has 2 atom stereocenters. The fourth-order valence-electron chi connectivity index (χ4n) is 2.18. The van der Waals surface area contributed by atoms with Gasteiger partial charge >= 0.3 is 5.97 Å². The molecule has 1 heterocycles. The number of benzene rings is 1. The van der Waals surface area contributed by atoms with Gasteiger partial charge in [0, 0.05) is 7.05 Å². The van der Waals surface area contributed by atoms with Crippen LogP contribution in [0.15, 0.2) is 36.9 Å². The Morgan fingerprint density at radius 2 is 2.04 bits per heavy atom. The van der Waals surface area contributed by atoms with Crippen LogP contribution in [0.4, 0.5) is 0 Å². The van der Waals surface area contributed by atoms with Crippen LogP contribution in [0.2, 0.25) is 0 Å². The first-order valence-corrected chi connectivity index (χ1v) is 8.76. The first-order valence-electron chi connectivity index (χ1n) is 7.94. The highest BCUT2D eigenvalue weighted by Gasteiger charge is 2.25. The summed E-state index contributed by atoms with van der Waals surface area (Å²) < 4.78 is 11.5. The lowest BCUT2D eigenvalue weighted by Crippen LogP contribution is -2.39. The van der Waals surface area contributed by atoms with Crippen LogP contribution in [0.25, 0.3) is 10.2 Å². The second-order valence-electron chi connectivity index (χ2n) is 5.61. The second-order valence-corrected chi connectivity index (χ2v) is 6.73.